The van der Waals surface area contributed by atoms with E-state index < -0.39 is 5.97 Å². The molecule has 0 amide bonds. The van der Waals surface area contributed by atoms with Crippen molar-refractivity contribution in [3.05, 3.63) is 59.4 Å². The summed E-state index contributed by atoms with van der Waals surface area (Å²) in [5.74, 6) is -1.12. The highest BCUT2D eigenvalue weighted by Gasteiger charge is 2.16. The summed E-state index contributed by atoms with van der Waals surface area (Å²) in [5.41, 5.74) is 1.45. The van der Waals surface area contributed by atoms with Crippen LogP contribution in [0.25, 0.3) is 0 Å². The topological polar surface area (TPSA) is 59.3 Å². The lowest BCUT2D eigenvalue weighted by Crippen LogP contribution is -2.12. The number of nitrogens with zero attached hydrogens (tertiary/aromatic N) is 1. The molecule has 1 aromatic carbocycles. The number of benzene rings is 1. The first-order valence-electron chi connectivity index (χ1n) is 5.55. The van der Waals surface area contributed by atoms with E-state index in [0.29, 0.717) is 5.69 Å². The molecule has 0 saturated carbocycles. The molecule has 0 aliphatic rings. The smallest absolute Gasteiger partial charge is 0.352 e. The summed E-state index contributed by atoms with van der Waals surface area (Å²) in [6, 6.07) is 12.4. The number of carbonyl (C=O) groups is 2. The molecule has 0 fully saturated rings. The number of rotatable bonds is 4. The fourth-order valence-electron chi connectivity index (χ4n) is 1.88. The quantitative estimate of drug-likeness (QED) is 0.837. The van der Waals surface area contributed by atoms with Gasteiger partial charge in [0.25, 0.3) is 0 Å². The second-order valence-corrected chi connectivity index (χ2v) is 4.05. The van der Waals surface area contributed by atoms with E-state index in [9.17, 15) is 9.59 Å². The van der Waals surface area contributed by atoms with Gasteiger partial charge in [0.1, 0.15) is 5.69 Å². The normalized spacial score (nSPS) is 10.3. The minimum Gasteiger partial charge on any atom is -0.477 e. The van der Waals surface area contributed by atoms with Crippen molar-refractivity contribution in [2.75, 3.05) is 0 Å². The zero-order valence-electron chi connectivity index (χ0n) is 9.96. The minimum atomic E-state index is -1.03. The van der Waals surface area contributed by atoms with Gasteiger partial charge in [0.15, 0.2) is 5.78 Å². The number of hydrogen-bond acceptors (Lipinski definition) is 2. The van der Waals surface area contributed by atoms with Crippen LogP contribution >= 0.6 is 0 Å². The molecule has 2 aromatic rings. The van der Waals surface area contributed by atoms with Crippen LogP contribution in [0.5, 0.6) is 0 Å². The summed E-state index contributed by atoms with van der Waals surface area (Å²) >= 11 is 0. The van der Waals surface area contributed by atoms with Crippen LogP contribution in [-0.2, 0) is 13.5 Å². The number of aromatic nitrogens is 1. The molecule has 18 heavy (non-hydrogen) atoms. The molecule has 0 radical (unpaired) electrons. The minimum absolute atomic E-state index is 0.0869. The Labute approximate surface area is 104 Å². The van der Waals surface area contributed by atoms with Gasteiger partial charge in [-0.2, -0.15) is 0 Å². The van der Waals surface area contributed by atoms with E-state index in [2.05, 4.69) is 0 Å². The van der Waals surface area contributed by atoms with Gasteiger partial charge in [-0.15, -0.1) is 0 Å². The van der Waals surface area contributed by atoms with Gasteiger partial charge in [-0.05, 0) is 17.7 Å². The lowest BCUT2D eigenvalue weighted by molar-refractivity contribution is 0.0686. The van der Waals surface area contributed by atoms with Crippen LogP contribution in [0, 0.1) is 0 Å². The molecule has 0 atom stereocenters. The largest absolute Gasteiger partial charge is 0.477 e. The Morgan fingerprint density at radius 1 is 1.06 bits per heavy atom. The van der Waals surface area contributed by atoms with Crippen LogP contribution in [0.15, 0.2) is 42.5 Å². The first-order valence-corrected chi connectivity index (χ1v) is 5.55. The van der Waals surface area contributed by atoms with Crippen LogP contribution in [-0.4, -0.2) is 21.4 Å². The molecular formula is C14H13NO3. The predicted octanol–water partition coefficient (Wildman–Crippen LogP) is 2.15. The Morgan fingerprint density at radius 2 is 1.67 bits per heavy atom. The molecule has 0 spiro atoms. The van der Waals surface area contributed by atoms with Gasteiger partial charge in [-0.1, -0.05) is 30.3 Å². The molecular weight excluding hydrogens is 230 g/mol. The van der Waals surface area contributed by atoms with Gasteiger partial charge >= 0.3 is 5.97 Å². The second kappa shape index (κ2) is 4.87. The van der Waals surface area contributed by atoms with Crippen LogP contribution < -0.4 is 0 Å². The Hall–Kier alpha value is -2.36. The van der Waals surface area contributed by atoms with Crippen LogP contribution in [0.1, 0.15) is 26.5 Å². The Morgan fingerprint density at radius 3 is 2.22 bits per heavy atom. The third kappa shape index (κ3) is 2.32. The summed E-state index contributed by atoms with van der Waals surface area (Å²) in [7, 11) is 1.58. The molecule has 0 aliphatic heterocycles. The Kier molecular flexibility index (Phi) is 3.28. The number of carbonyl (C=O) groups excluding carboxylic acids is 1. The van der Waals surface area contributed by atoms with E-state index in [1.165, 1.54) is 10.6 Å². The van der Waals surface area contributed by atoms with Crippen molar-refractivity contribution in [1.29, 1.82) is 0 Å². The lowest BCUT2D eigenvalue weighted by atomic mass is 10.1. The van der Waals surface area contributed by atoms with Crippen molar-refractivity contribution >= 4 is 11.8 Å². The van der Waals surface area contributed by atoms with E-state index in [0.717, 1.165) is 5.56 Å². The summed E-state index contributed by atoms with van der Waals surface area (Å²) in [6.45, 7) is 0. The zero-order chi connectivity index (χ0) is 13.1. The van der Waals surface area contributed by atoms with Gasteiger partial charge in [0.05, 0.1) is 5.69 Å². The molecule has 0 unspecified atom stereocenters. The highest BCUT2D eigenvalue weighted by molar-refractivity contribution is 5.98. The summed E-state index contributed by atoms with van der Waals surface area (Å²) in [5, 5.41) is 8.92. The molecule has 2 rings (SSSR count). The van der Waals surface area contributed by atoms with Gasteiger partial charge in [-0.25, -0.2) is 4.79 Å². The van der Waals surface area contributed by atoms with Crippen LogP contribution in [0.4, 0.5) is 0 Å². The first kappa shape index (κ1) is 12.1. The molecule has 92 valence electrons. The van der Waals surface area contributed by atoms with Crippen molar-refractivity contribution in [1.82, 2.24) is 4.57 Å². The maximum absolute atomic E-state index is 12.1. The highest BCUT2D eigenvalue weighted by Crippen LogP contribution is 2.11. The van der Waals surface area contributed by atoms with E-state index in [1.807, 2.05) is 30.3 Å². The maximum Gasteiger partial charge on any atom is 0.352 e. The van der Waals surface area contributed by atoms with E-state index in [-0.39, 0.29) is 17.9 Å². The van der Waals surface area contributed by atoms with Gasteiger partial charge in [0, 0.05) is 13.5 Å². The van der Waals surface area contributed by atoms with Crippen molar-refractivity contribution in [2.24, 2.45) is 7.05 Å². The number of carboxylic acid groups (broad SMARTS) is 1. The van der Waals surface area contributed by atoms with E-state index >= 15 is 0 Å². The average molecular weight is 243 g/mol. The molecule has 1 N–H and O–H groups in total. The molecule has 1 aromatic heterocycles. The average Bonchev–Trinajstić information content (AvgIpc) is 2.72. The van der Waals surface area contributed by atoms with Crippen molar-refractivity contribution in [3.63, 3.8) is 0 Å². The summed E-state index contributed by atoms with van der Waals surface area (Å²) in [6.07, 6.45) is 0.276. The SMILES string of the molecule is Cn1c(C(=O)O)ccc1C(=O)Cc1ccccc1. The van der Waals surface area contributed by atoms with Crippen molar-refractivity contribution in [2.45, 2.75) is 6.42 Å². The number of carboxylic acids is 1. The highest BCUT2D eigenvalue weighted by atomic mass is 16.4. The third-order valence-corrected chi connectivity index (χ3v) is 2.83. The Bertz CT molecular complexity index is 584. The summed E-state index contributed by atoms with van der Waals surface area (Å²) < 4.78 is 1.41. The molecule has 1 heterocycles. The van der Waals surface area contributed by atoms with E-state index in [1.54, 1.807) is 13.1 Å². The number of ketones is 1. The molecule has 0 saturated heterocycles. The third-order valence-electron chi connectivity index (χ3n) is 2.83. The fourth-order valence-corrected chi connectivity index (χ4v) is 1.88. The lowest BCUT2D eigenvalue weighted by Gasteiger charge is -2.04. The second-order valence-electron chi connectivity index (χ2n) is 4.05. The van der Waals surface area contributed by atoms with Crippen molar-refractivity contribution < 1.29 is 14.7 Å². The maximum atomic E-state index is 12.1. The standard InChI is InChI=1S/C14H13NO3/c1-15-11(7-8-12(15)14(17)18)13(16)9-10-5-3-2-4-6-10/h2-8H,9H2,1H3,(H,17,18). The molecule has 0 bridgehead atoms. The zero-order valence-corrected chi connectivity index (χ0v) is 9.96. The van der Waals surface area contributed by atoms with Crippen LogP contribution in [0.3, 0.4) is 0 Å². The number of hydrogen-bond donors (Lipinski definition) is 1. The van der Waals surface area contributed by atoms with Crippen LogP contribution in [0.2, 0.25) is 0 Å². The molecule has 0 aliphatic carbocycles. The van der Waals surface area contributed by atoms with Gasteiger partial charge < -0.3 is 9.67 Å². The van der Waals surface area contributed by atoms with Gasteiger partial charge in [-0.3, -0.25) is 4.79 Å². The fraction of sp³-hybridized carbons (Fsp3) is 0.143. The Balaban J connectivity index is 2.22. The van der Waals surface area contributed by atoms with E-state index in [4.69, 9.17) is 5.11 Å². The summed E-state index contributed by atoms with van der Waals surface area (Å²) in [4.78, 5) is 22.9. The number of aromatic carboxylic acids is 1. The van der Waals surface area contributed by atoms with Crippen molar-refractivity contribution in [3.8, 4) is 0 Å². The molecule has 4 nitrogen and oxygen atoms in total. The first-order chi connectivity index (χ1) is 8.59. The monoisotopic (exact) mass is 243 g/mol. The predicted molar refractivity (Wildman–Crippen MR) is 66.8 cm³/mol. The molecule has 4 heteroatoms. The van der Waals surface area contributed by atoms with Gasteiger partial charge in [0.2, 0.25) is 0 Å². The number of Topliss-reactive ketones (excluding diaryl/α,β-unsaturated/α-hetero) is 1.